The summed E-state index contributed by atoms with van der Waals surface area (Å²) in [6.07, 6.45) is 3.86. The first kappa shape index (κ1) is 10.3. The molecule has 1 aliphatic heterocycles. The van der Waals surface area contributed by atoms with Crippen LogP contribution >= 0.6 is 0 Å². The van der Waals surface area contributed by atoms with Gasteiger partial charge in [-0.25, -0.2) is 5.84 Å². The van der Waals surface area contributed by atoms with E-state index in [-0.39, 0.29) is 0 Å². The van der Waals surface area contributed by atoms with Crippen LogP contribution in [-0.4, -0.2) is 31.0 Å². The van der Waals surface area contributed by atoms with E-state index in [1.807, 2.05) is 0 Å². The number of hydrazine groups is 1. The summed E-state index contributed by atoms with van der Waals surface area (Å²) in [6.45, 7) is 4.42. The van der Waals surface area contributed by atoms with Gasteiger partial charge in [0.15, 0.2) is 0 Å². The molecule has 0 amide bonds. The lowest BCUT2D eigenvalue weighted by atomic mass is 10.0. The summed E-state index contributed by atoms with van der Waals surface area (Å²) < 4.78 is 0. The highest BCUT2D eigenvalue weighted by Gasteiger charge is 2.23. The van der Waals surface area contributed by atoms with E-state index >= 15 is 0 Å². The number of nitrogens with zero attached hydrogens (tertiary/aromatic N) is 2. The van der Waals surface area contributed by atoms with E-state index in [1.54, 1.807) is 7.05 Å². The van der Waals surface area contributed by atoms with Gasteiger partial charge in [-0.3, -0.25) is 10.4 Å². The molecule has 0 spiro atoms. The molecule has 0 saturated carbocycles. The molecule has 0 aliphatic carbocycles. The topological polar surface area (TPSA) is 53.6 Å². The molecule has 0 aromatic carbocycles. The Morgan fingerprint density at radius 1 is 1.69 bits per heavy atom. The van der Waals surface area contributed by atoms with Gasteiger partial charge in [-0.05, 0) is 18.8 Å². The quantitative estimate of drug-likeness (QED) is 0.285. The van der Waals surface area contributed by atoms with Crippen molar-refractivity contribution >= 4 is 5.96 Å². The number of hydrogen-bond acceptors (Lipinski definition) is 2. The van der Waals surface area contributed by atoms with Crippen molar-refractivity contribution in [2.45, 2.75) is 26.2 Å². The molecule has 1 unspecified atom stereocenters. The molecule has 0 aromatic rings. The first-order valence-corrected chi connectivity index (χ1v) is 5.00. The third-order valence-corrected chi connectivity index (χ3v) is 2.62. The molecular weight excluding hydrogens is 164 g/mol. The SMILES string of the molecule is CCCC1CCN(C(=NC)NN)C1. The van der Waals surface area contributed by atoms with Crippen LogP contribution in [0, 0.1) is 5.92 Å². The summed E-state index contributed by atoms with van der Waals surface area (Å²) in [7, 11) is 1.77. The van der Waals surface area contributed by atoms with Crippen molar-refractivity contribution in [3.8, 4) is 0 Å². The first-order chi connectivity index (χ1) is 6.31. The summed E-state index contributed by atoms with van der Waals surface area (Å²) in [5, 5.41) is 0. The number of guanidine groups is 1. The van der Waals surface area contributed by atoms with Crippen LogP contribution in [0.5, 0.6) is 0 Å². The van der Waals surface area contributed by atoms with Gasteiger partial charge in [-0.15, -0.1) is 0 Å². The van der Waals surface area contributed by atoms with Gasteiger partial charge in [0.2, 0.25) is 5.96 Å². The van der Waals surface area contributed by atoms with Gasteiger partial charge in [-0.1, -0.05) is 13.3 Å². The molecular formula is C9H20N4. The van der Waals surface area contributed by atoms with Gasteiger partial charge >= 0.3 is 0 Å². The fourth-order valence-corrected chi connectivity index (χ4v) is 1.97. The molecule has 1 aliphatic rings. The second kappa shape index (κ2) is 5.07. The highest BCUT2D eigenvalue weighted by Crippen LogP contribution is 2.20. The fourth-order valence-electron chi connectivity index (χ4n) is 1.97. The van der Waals surface area contributed by atoms with Gasteiger partial charge < -0.3 is 4.90 Å². The first-order valence-electron chi connectivity index (χ1n) is 5.00. The Morgan fingerprint density at radius 3 is 3.00 bits per heavy atom. The summed E-state index contributed by atoms with van der Waals surface area (Å²) in [6, 6.07) is 0. The zero-order chi connectivity index (χ0) is 9.68. The average molecular weight is 184 g/mol. The maximum atomic E-state index is 5.36. The Kier molecular flexibility index (Phi) is 4.02. The molecule has 0 bridgehead atoms. The number of nitrogens with one attached hydrogen (secondary N) is 1. The predicted molar refractivity (Wildman–Crippen MR) is 55.3 cm³/mol. The predicted octanol–water partition coefficient (Wildman–Crippen LogP) is 0.558. The second-order valence-corrected chi connectivity index (χ2v) is 3.58. The van der Waals surface area contributed by atoms with Crippen molar-refractivity contribution < 1.29 is 0 Å². The molecule has 1 fully saturated rings. The molecule has 4 nitrogen and oxygen atoms in total. The third kappa shape index (κ3) is 2.59. The fraction of sp³-hybridized carbons (Fsp3) is 0.889. The summed E-state index contributed by atoms with van der Waals surface area (Å²) in [4.78, 5) is 6.31. The van der Waals surface area contributed by atoms with E-state index in [0.717, 1.165) is 25.0 Å². The summed E-state index contributed by atoms with van der Waals surface area (Å²) in [5.74, 6) is 7.01. The standard InChI is InChI=1S/C9H20N4/c1-3-4-8-5-6-13(7-8)9(11-2)12-10/h8H,3-7,10H2,1-2H3,(H,11,12). The van der Waals surface area contributed by atoms with Crippen LogP contribution in [0.1, 0.15) is 26.2 Å². The van der Waals surface area contributed by atoms with Crippen molar-refractivity contribution in [1.29, 1.82) is 0 Å². The molecule has 0 aromatic heterocycles. The van der Waals surface area contributed by atoms with Gasteiger partial charge in [0.05, 0.1) is 0 Å². The van der Waals surface area contributed by atoms with Crippen molar-refractivity contribution in [2.24, 2.45) is 16.8 Å². The van der Waals surface area contributed by atoms with Gasteiger partial charge in [0.1, 0.15) is 0 Å². The maximum absolute atomic E-state index is 5.36. The molecule has 13 heavy (non-hydrogen) atoms. The van der Waals surface area contributed by atoms with Crippen LogP contribution in [0.25, 0.3) is 0 Å². The average Bonchev–Trinajstić information content (AvgIpc) is 2.56. The Bertz CT molecular complexity index is 178. The lowest BCUT2D eigenvalue weighted by molar-refractivity contribution is 0.446. The molecule has 3 N–H and O–H groups in total. The zero-order valence-electron chi connectivity index (χ0n) is 8.58. The van der Waals surface area contributed by atoms with Gasteiger partial charge in [-0.2, -0.15) is 0 Å². The number of likely N-dealkylation sites (tertiary alicyclic amines) is 1. The van der Waals surface area contributed by atoms with Crippen LogP contribution in [0.15, 0.2) is 4.99 Å². The zero-order valence-corrected chi connectivity index (χ0v) is 8.58. The lowest BCUT2D eigenvalue weighted by Crippen LogP contribution is -2.43. The Labute approximate surface area is 80.2 Å². The normalized spacial score (nSPS) is 23.8. The van der Waals surface area contributed by atoms with Crippen molar-refractivity contribution in [2.75, 3.05) is 20.1 Å². The molecule has 1 heterocycles. The summed E-state index contributed by atoms with van der Waals surface area (Å²) >= 11 is 0. The van der Waals surface area contributed by atoms with Crippen molar-refractivity contribution in [3.63, 3.8) is 0 Å². The van der Waals surface area contributed by atoms with E-state index in [4.69, 9.17) is 5.84 Å². The van der Waals surface area contributed by atoms with Crippen LogP contribution in [0.2, 0.25) is 0 Å². The molecule has 1 atom stereocenters. The van der Waals surface area contributed by atoms with E-state index in [0.29, 0.717) is 0 Å². The van der Waals surface area contributed by atoms with E-state index < -0.39 is 0 Å². The van der Waals surface area contributed by atoms with Crippen molar-refractivity contribution in [3.05, 3.63) is 0 Å². The maximum Gasteiger partial charge on any atom is 0.208 e. The Morgan fingerprint density at radius 2 is 2.46 bits per heavy atom. The van der Waals surface area contributed by atoms with E-state index in [9.17, 15) is 0 Å². The minimum Gasteiger partial charge on any atom is -0.342 e. The highest BCUT2D eigenvalue weighted by molar-refractivity contribution is 5.79. The monoisotopic (exact) mass is 184 g/mol. The van der Waals surface area contributed by atoms with Crippen molar-refractivity contribution in [1.82, 2.24) is 10.3 Å². The largest absolute Gasteiger partial charge is 0.342 e. The van der Waals surface area contributed by atoms with E-state index in [1.165, 1.54) is 19.3 Å². The number of hydrogen-bond donors (Lipinski definition) is 2. The minimum atomic E-state index is 0.818. The molecule has 0 radical (unpaired) electrons. The molecule has 4 heteroatoms. The number of nitrogens with two attached hydrogens (primary N) is 1. The Balaban J connectivity index is 2.39. The van der Waals surface area contributed by atoms with E-state index in [2.05, 4.69) is 22.2 Å². The molecule has 1 saturated heterocycles. The lowest BCUT2D eigenvalue weighted by Gasteiger charge is -2.19. The minimum absolute atomic E-state index is 0.818. The second-order valence-electron chi connectivity index (χ2n) is 3.58. The van der Waals surface area contributed by atoms with Crippen LogP contribution < -0.4 is 11.3 Å². The van der Waals surface area contributed by atoms with Crippen LogP contribution in [0.4, 0.5) is 0 Å². The number of aliphatic imine (C=N–C) groups is 1. The summed E-state index contributed by atoms with van der Waals surface area (Å²) in [5.41, 5.74) is 2.63. The van der Waals surface area contributed by atoms with Gasteiger partial charge in [0.25, 0.3) is 0 Å². The number of rotatable bonds is 2. The third-order valence-electron chi connectivity index (χ3n) is 2.62. The molecule has 1 rings (SSSR count). The van der Waals surface area contributed by atoms with Crippen LogP contribution in [-0.2, 0) is 0 Å². The smallest absolute Gasteiger partial charge is 0.208 e. The molecule has 76 valence electrons. The Hall–Kier alpha value is -0.770. The van der Waals surface area contributed by atoms with Gasteiger partial charge in [0, 0.05) is 20.1 Å². The highest BCUT2D eigenvalue weighted by atomic mass is 15.4. The van der Waals surface area contributed by atoms with Crippen LogP contribution in [0.3, 0.4) is 0 Å².